The van der Waals surface area contributed by atoms with Crippen LogP contribution in [0.15, 0.2) is 0 Å². The SMILES string of the molecule is CO[C@H]1O[C@H](COS(=O)(=O)O)[C@@H](O[C@@H]2O[C@@H](C(=O)O)[C@@H](O[C@H]3O[C@H](COS(=O)(=O)O)[C@@H](O[C@@H]4O[C@H](C(=O)O)[C@@H](O[C@H]5O[C@H](COS(=O)(=O)O)[C@@H](OC)[C@H](OC)[C@@H]5NC(=O)CCCCCN(C)CCCCC[C@@H]5SC[C@@H]6NC(=O)N[C@@H]65)[C@H](OC)[C@H]4OC)[C@H](OS(=O)(=O)O)[C@H]3OS(=O)(=O)O)[C@H](OC)[C@H]2OC)[C@H](OS(=O)(=O)O)[C@H]1OS(=O)(=O)O. The van der Waals surface area contributed by atoms with Crippen LogP contribution in [0.25, 0.3) is 0 Å². The lowest BCUT2D eigenvalue weighted by Crippen LogP contribution is -2.70. The molecule has 0 aromatic rings. The number of hydrogen-bond donors (Lipinski definition) is 12. The molecule has 0 saturated carbocycles. The van der Waals surface area contributed by atoms with E-state index in [1.54, 1.807) is 0 Å². The van der Waals surface area contributed by atoms with Gasteiger partial charge in [-0.3, -0.25) is 36.7 Å². The third-order valence-electron chi connectivity index (χ3n) is 18.6. The molecule has 0 aromatic carbocycles. The molecule has 0 bridgehead atoms. The van der Waals surface area contributed by atoms with E-state index < -0.39 is 264 Å². The number of methoxy groups -OCH3 is 7. The molecule has 54 nitrogen and oxygen atoms in total. The number of amides is 3. The van der Waals surface area contributed by atoms with Gasteiger partial charge in [0.05, 0.1) is 31.9 Å². The number of ether oxygens (including phenoxy) is 16. The van der Waals surface area contributed by atoms with Gasteiger partial charge in [-0.15, -0.1) is 0 Å². The maximum atomic E-state index is 14.0. The maximum absolute atomic E-state index is 14.0. The highest BCUT2D eigenvalue weighted by molar-refractivity contribution is 8.00. The summed E-state index contributed by atoms with van der Waals surface area (Å²) >= 11 is 1.83. The number of rotatable bonds is 47. The van der Waals surface area contributed by atoms with Gasteiger partial charge in [0, 0.05) is 67.2 Å². The smallest absolute Gasteiger partial charge is 0.397 e. The fourth-order valence-electron chi connectivity index (χ4n) is 13.9. The van der Waals surface area contributed by atoms with Gasteiger partial charge < -0.3 is 107 Å². The van der Waals surface area contributed by atoms with Crippen molar-refractivity contribution in [3.8, 4) is 0 Å². The summed E-state index contributed by atoms with van der Waals surface area (Å²) in [5.41, 5.74) is 0. The Bertz CT molecular complexity index is 4090. The highest BCUT2D eigenvalue weighted by Crippen LogP contribution is 2.42. The van der Waals surface area contributed by atoms with Gasteiger partial charge in [0.15, 0.2) is 55.9 Å². The molecule has 116 heavy (non-hydrogen) atoms. The molecule has 0 unspecified atom stereocenters. The molecule has 62 heteroatoms. The summed E-state index contributed by atoms with van der Waals surface area (Å²) in [4.78, 5) is 55.1. The lowest BCUT2D eigenvalue weighted by molar-refractivity contribution is -0.385. The van der Waals surface area contributed by atoms with Gasteiger partial charge in [0.2, 0.25) is 5.91 Å². The average Bonchev–Trinajstić information content (AvgIpc) is 0.982. The van der Waals surface area contributed by atoms with E-state index in [4.69, 9.17) is 84.2 Å². The Morgan fingerprint density at radius 2 is 0.793 bits per heavy atom. The minimum absolute atomic E-state index is 0.105. The monoisotopic (exact) mass is 1850 g/mol. The second-order valence-corrected chi connectivity index (χ2v) is 35.0. The van der Waals surface area contributed by atoms with Crippen molar-refractivity contribution in [1.29, 1.82) is 0 Å². The van der Waals surface area contributed by atoms with Gasteiger partial charge in [-0.2, -0.15) is 70.7 Å². The summed E-state index contributed by atoms with van der Waals surface area (Å²) in [6, 6.07) is -1.54. The van der Waals surface area contributed by atoms with Crippen molar-refractivity contribution in [2.24, 2.45) is 0 Å². The largest absolute Gasteiger partial charge is 0.479 e. The summed E-state index contributed by atoms with van der Waals surface area (Å²) in [7, 11) is -32.9. The van der Waals surface area contributed by atoms with Gasteiger partial charge in [-0.1, -0.05) is 19.3 Å². The first-order valence-corrected chi connectivity index (χ1v) is 44.7. The molecular formula is C54H92N4O50S8. The van der Waals surface area contributed by atoms with Gasteiger partial charge in [0.25, 0.3) is 0 Å². The Kier molecular flexibility index (Phi) is 36.6. The molecule has 3 amide bonds. The van der Waals surface area contributed by atoms with Crippen LogP contribution in [0.3, 0.4) is 0 Å². The van der Waals surface area contributed by atoms with Crippen molar-refractivity contribution in [2.45, 2.75) is 222 Å². The number of fused-ring (bicyclic) bond motifs is 1. The molecule has 12 N–H and O–H groups in total. The summed E-state index contributed by atoms with van der Waals surface area (Å²) in [5, 5.41) is 30.8. The highest BCUT2D eigenvalue weighted by Gasteiger charge is 2.63. The standard InChI is InChI=1S/C54H92N4O50S8/c1-58(17-13-9-11-15-27-29-23(22-109-27)55-54(64)57-29)18-14-10-12-16-28(59)56-30-34(87-3)31(86-2)24(19-93-110(65,66)67)96-49(30)101-37-35(88-4)43(90-6)51(103-41(37)47(60)61)100-33-26(21-95-112(71,72)73)98-53(46(108-116(83,84)85)40(33)106-114(77,78)79)102-38-36(89-5)44(91-7)52(104-42(38)48(62)63)99-32-25(20-94-111(68,69)70)97-50(92-8)45(107-115(80,81)82)39(32)105-113(74,75)76/h23-27,29-46,49-53H,9-22H2,1-8H3,(H,56,59)(H,60,61)(H,62,63)(H2,55,57,64)(H,65,66,67)(H,68,69,70)(H,71,72,73)(H,74,75,76)(H,77,78,79)(H,80,81,82)(H,83,84,85)/t23-,24+,25+,26+,27-,29-,30-,31+,32+,33+,34+,35-,36-,37-,38-,39-,40-,41-,42+,43+,44+,45+,46+,49+,50-,51+,52+,53+/m0/s1. The Morgan fingerprint density at radius 1 is 0.422 bits per heavy atom. The molecule has 7 fully saturated rings. The van der Waals surface area contributed by atoms with Crippen molar-refractivity contribution in [2.75, 3.05) is 95.5 Å². The molecule has 0 radical (unpaired) electrons. The minimum Gasteiger partial charge on any atom is -0.479 e. The Labute approximate surface area is 668 Å². The molecule has 0 spiro atoms. The van der Waals surface area contributed by atoms with Crippen LogP contribution in [0.5, 0.6) is 0 Å². The number of carbonyl (C=O) groups excluding carboxylic acids is 2. The van der Waals surface area contributed by atoms with Gasteiger partial charge in [0.1, 0.15) is 97.6 Å². The fraction of sp³-hybridized carbons (Fsp3) is 0.926. The Hall–Kier alpha value is -3.56. The number of nitrogens with zero attached hydrogens (tertiary/aromatic N) is 1. The number of carbonyl (C=O) groups is 4. The summed E-state index contributed by atoms with van der Waals surface area (Å²) in [6.45, 7) is -3.00. The molecular weight excluding hydrogens is 1760 g/mol. The quantitative estimate of drug-likeness (QED) is 0.0153. The van der Waals surface area contributed by atoms with Crippen LogP contribution in [0.2, 0.25) is 0 Å². The van der Waals surface area contributed by atoms with E-state index in [-0.39, 0.29) is 24.5 Å². The van der Waals surface area contributed by atoms with Crippen LogP contribution in [0.1, 0.15) is 51.4 Å². The maximum Gasteiger partial charge on any atom is 0.397 e. The first kappa shape index (κ1) is 99.5. The molecule has 0 aliphatic carbocycles. The summed E-state index contributed by atoms with van der Waals surface area (Å²) < 4.78 is 367. The summed E-state index contributed by atoms with van der Waals surface area (Å²) in [6.07, 6.45) is -53.7. The topological polar surface area (TPSA) is 741 Å². The molecule has 7 heterocycles. The van der Waals surface area contributed by atoms with Crippen molar-refractivity contribution >= 4 is 108 Å². The number of hydrogen-bond acceptors (Lipinski definition) is 43. The van der Waals surface area contributed by atoms with Gasteiger partial charge >= 0.3 is 90.8 Å². The van der Waals surface area contributed by atoms with Crippen molar-refractivity contribution in [1.82, 2.24) is 20.9 Å². The molecule has 28 atom stereocenters. The predicted octanol–water partition coefficient (Wildman–Crippen LogP) is -6.03. The number of unbranched alkanes of at least 4 members (excludes halogenated alkanes) is 4. The molecule has 7 rings (SSSR count). The fourth-order valence-corrected chi connectivity index (χ4v) is 18.3. The van der Waals surface area contributed by atoms with E-state index in [0.717, 1.165) is 73.5 Å². The van der Waals surface area contributed by atoms with Crippen LogP contribution in [-0.2, 0) is 192 Å². The number of aliphatic carboxylic acids is 2. The lowest BCUT2D eigenvalue weighted by atomic mass is 9.94. The van der Waals surface area contributed by atoms with E-state index in [0.29, 0.717) is 45.3 Å². The van der Waals surface area contributed by atoms with Crippen molar-refractivity contribution in [3.05, 3.63) is 0 Å². The van der Waals surface area contributed by atoms with E-state index >= 15 is 0 Å². The van der Waals surface area contributed by atoms with Gasteiger partial charge in [-0.25, -0.2) is 43.7 Å². The molecule has 7 aliphatic heterocycles. The van der Waals surface area contributed by atoms with Crippen LogP contribution in [0.4, 0.5) is 4.79 Å². The van der Waals surface area contributed by atoms with Crippen molar-refractivity contribution in [3.63, 3.8) is 0 Å². The van der Waals surface area contributed by atoms with Crippen LogP contribution < -0.4 is 16.0 Å². The normalized spacial score (nSPS) is 35.7. The second kappa shape index (κ2) is 42.7. The van der Waals surface area contributed by atoms with Crippen LogP contribution in [-0.4, -0.2) is 396 Å². The zero-order chi connectivity index (χ0) is 86.5. The number of nitrogens with one attached hydrogen (secondary N) is 3. The Balaban J connectivity index is 1.18. The first-order chi connectivity index (χ1) is 53.9. The highest BCUT2D eigenvalue weighted by atomic mass is 32.3. The molecule has 7 aliphatic rings. The van der Waals surface area contributed by atoms with E-state index in [1.807, 2.05) is 18.8 Å². The Morgan fingerprint density at radius 3 is 1.20 bits per heavy atom. The zero-order valence-corrected chi connectivity index (χ0v) is 68.6. The number of thioether (sulfide) groups is 1. The van der Waals surface area contributed by atoms with E-state index in [1.165, 1.54) is 0 Å². The van der Waals surface area contributed by atoms with Crippen molar-refractivity contribution < 1.29 is 225 Å². The summed E-state index contributed by atoms with van der Waals surface area (Å²) in [5.74, 6) is -4.18. The minimum atomic E-state index is -6.25. The zero-order valence-electron chi connectivity index (χ0n) is 62.0. The number of carboxylic acid groups (broad SMARTS) is 2. The second-order valence-electron chi connectivity index (χ2n) is 26.3. The first-order valence-electron chi connectivity index (χ1n) is 34.1. The van der Waals surface area contributed by atoms with E-state index in [2.05, 4.69) is 41.8 Å². The molecule has 0 aromatic heterocycles. The lowest BCUT2D eigenvalue weighted by Gasteiger charge is -2.51. The molecule has 676 valence electrons. The number of urea groups is 1. The third kappa shape index (κ3) is 29.0. The van der Waals surface area contributed by atoms with E-state index in [9.17, 15) is 120 Å². The predicted molar refractivity (Wildman–Crippen MR) is 370 cm³/mol. The van der Waals surface area contributed by atoms with Crippen LogP contribution in [0, 0.1) is 0 Å². The third-order valence-corrected chi connectivity index (χ3v) is 23.3. The average molecular weight is 1850 g/mol. The number of carboxylic acids is 2. The van der Waals surface area contributed by atoms with Gasteiger partial charge in [-0.05, 0) is 45.8 Å². The molecule has 7 saturated heterocycles. The van der Waals surface area contributed by atoms with Crippen LogP contribution >= 0.6 is 11.8 Å².